The first kappa shape index (κ1) is 20.6. The first-order valence-corrected chi connectivity index (χ1v) is 9.83. The Bertz CT molecular complexity index is 912. The first-order chi connectivity index (χ1) is 14.1. The van der Waals surface area contributed by atoms with E-state index >= 15 is 0 Å². The number of rotatable bonds is 8. The number of hydrogen-bond acceptors (Lipinski definition) is 3. The highest BCUT2D eigenvalue weighted by molar-refractivity contribution is 5.94. The summed E-state index contributed by atoms with van der Waals surface area (Å²) in [7, 11) is 1.71. The van der Waals surface area contributed by atoms with Crippen LogP contribution < -0.4 is 4.74 Å². The van der Waals surface area contributed by atoms with Crippen molar-refractivity contribution in [3.8, 4) is 5.75 Å². The van der Waals surface area contributed by atoms with Crippen molar-refractivity contribution in [3.63, 3.8) is 0 Å². The molecule has 3 aromatic rings. The molecule has 1 N–H and O–H groups in total. The Labute approximate surface area is 172 Å². The highest BCUT2D eigenvalue weighted by atomic mass is 16.5. The Morgan fingerprint density at radius 3 is 2.31 bits per heavy atom. The van der Waals surface area contributed by atoms with E-state index in [0.29, 0.717) is 17.9 Å². The number of benzene rings is 3. The molecule has 0 aliphatic heterocycles. The van der Waals surface area contributed by atoms with Gasteiger partial charge in [-0.1, -0.05) is 66.7 Å². The minimum absolute atomic E-state index is 0.152. The van der Waals surface area contributed by atoms with E-state index in [0.717, 1.165) is 12.0 Å². The summed E-state index contributed by atoms with van der Waals surface area (Å²) in [5.41, 5.74) is 2.54. The van der Waals surface area contributed by atoms with Crippen LogP contribution in [0.4, 0.5) is 0 Å². The lowest BCUT2D eigenvalue weighted by atomic mass is 10.0. The predicted molar refractivity (Wildman–Crippen MR) is 115 cm³/mol. The van der Waals surface area contributed by atoms with Crippen molar-refractivity contribution in [2.45, 2.75) is 25.5 Å². The summed E-state index contributed by atoms with van der Waals surface area (Å²) in [6.45, 7) is 2.39. The summed E-state index contributed by atoms with van der Waals surface area (Å²) < 4.78 is 5.84. The molecule has 0 radical (unpaired) electrons. The standard InChI is InChI=1S/C25H27NO3/c1-19(24(27)21-12-7-4-8-13-21)26(2)25(28)22-14-9-15-23(18-22)29-17-16-20-10-5-3-6-11-20/h3-15,18-19,24,27H,16-17H2,1-2H3. The van der Waals surface area contributed by atoms with Crippen molar-refractivity contribution in [1.82, 2.24) is 4.90 Å². The van der Waals surface area contributed by atoms with E-state index in [1.165, 1.54) is 5.56 Å². The minimum atomic E-state index is -0.754. The Hall–Kier alpha value is -3.11. The van der Waals surface area contributed by atoms with Gasteiger partial charge in [0.2, 0.25) is 0 Å². The Kier molecular flexibility index (Phi) is 7.04. The summed E-state index contributed by atoms with van der Waals surface area (Å²) in [5, 5.41) is 10.6. The second-order valence-electron chi connectivity index (χ2n) is 7.12. The third-order valence-electron chi connectivity index (χ3n) is 5.11. The second kappa shape index (κ2) is 9.89. The van der Waals surface area contributed by atoms with Crippen molar-refractivity contribution in [1.29, 1.82) is 0 Å². The summed E-state index contributed by atoms with van der Waals surface area (Å²) in [6, 6.07) is 26.4. The number of ether oxygens (including phenoxy) is 1. The smallest absolute Gasteiger partial charge is 0.254 e. The summed E-state index contributed by atoms with van der Waals surface area (Å²) in [6.07, 6.45) is 0.0506. The normalized spacial score (nSPS) is 12.8. The van der Waals surface area contributed by atoms with Crippen LogP contribution in [0.25, 0.3) is 0 Å². The van der Waals surface area contributed by atoms with Crippen molar-refractivity contribution >= 4 is 5.91 Å². The van der Waals surface area contributed by atoms with Gasteiger partial charge in [-0.2, -0.15) is 0 Å². The number of likely N-dealkylation sites (N-methyl/N-ethyl adjacent to an activating group) is 1. The van der Waals surface area contributed by atoms with Crippen LogP contribution in [0.2, 0.25) is 0 Å². The Morgan fingerprint density at radius 1 is 0.966 bits per heavy atom. The molecule has 2 atom stereocenters. The van der Waals surface area contributed by atoms with Crippen LogP contribution in [0.3, 0.4) is 0 Å². The molecule has 0 spiro atoms. The molecule has 0 aliphatic rings. The number of carbonyl (C=O) groups is 1. The maximum Gasteiger partial charge on any atom is 0.254 e. The van der Waals surface area contributed by atoms with Crippen LogP contribution in [0.5, 0.6) is 5.75 Å². The van der Waals surface area contributed by atoms with Crippen LogP contribution >= 0.6 is 0 Å². The quantitative estimate of drug-likeness (QED) is 0.617. The summed E-state index contributed by atoms with van der Waals surface area (Å²) in [4.78, 5) is 14.5. The van der Waals surface area contributed by atoms with Gasteiger partial charge >= 0.3 is 0 Å². The molecule has 4 heteroatoms. The zero-order valence-electron chi connectivity index (χ0n) is 16.9. The molecule has 0 heterocycles. The number of aliphatic hydroxyl groups excluding tert-OH is 1. The van der Waals surface area contributed by atoms with Gasteiger partial charge in [0.15, 0.2) is 0 Å². The minimum Gasteiger partial charge on any atom is -0.493 e. The van der Waals surface area contributed by atoms with E-state index in [1.54, 1.807) is 24.1 Å². The Morgan fingerprint density at radius 2 is 1.62 bits per heavy atom. The molecule has 0 aliphatic carbocycles. The fourth-order valence-electron chi connectivity index (χ4n) is 3.18. The third kappa shape index (κ3) is 5.46. The van der Waals surface area contributed by atoms with Crippen LogP contribution in [0.1, 0.15) is 34.5 Å². The number of amides is 1. The number of carbonyl (C=O) groups excluding carboxylic acids is 1. The second-order valence-corrected chi connectivity index (χ2v) is 7.12. The van der Waals surface area contributed by atoms with Gasteiger partial charge in [-0.05, 0) is 36.2 Å². The van der Waals surface area contributed by atoms with Crippen LogP contribution in [0, 0.1) is 0 Å². The van der Waals surface area contributed by atoms with Gasteiger partial charge in [0.1, 0.15) is 5.75 Å². The fraction of sp³-hybridized carbons (Fsp3) is 0.240. The molecule has 3 rings (SSSR count). The van der Waals surface area contributed by atoms with Gasteiger partial charge in [0, 0.05) is 19.0 Å². The highest BCUT2D eigenvalue weighted by Gasteiger charge is 2.25. The Balaban J connectivity index is 1.62. The van der Waals surface area contributed by atoms with Crippen molar-refractivity contribution < 1.29 is 14.6 Å². The number of nitrogens with zero attached hydrogens (tertiary/aromatic N) is 1. The largest absolute Gasteiger partial charge is 0.493 e. The maximum absolute atomic E-state index is 12.9. The molecule has 0 saturated heterocycles. The molecule has 150 valence electrons. The van der Waals surface area contributed by atoms with Gasteiger partial charge in [-0.3, -0.25) is 4.79 Å². The lowest BCUT2D eigenvalue weighted by molar-refractivity contribution is 0.0486. The zero-order chi connectivity index (χ0) is 20.6. The van der Waals surface area contributed by atoms with Gasteiger partial charge in [-0.25, -0.2) is 0 Å². The van der Waals surface area contributed by atoms with Gasteiger partial charge in [0.05, 0.1) is 18.8 Å². The molecule has 0 fully saturated rings. The lowest BCUT2D eigenvalue weighted by Gasteiger charge is -2.29. The number of hydrogen-bond donors (Lipinski definition) is 1. The van der Waals surface area contributed by atoms with Gasteiger partial charge < -0.3 is 14.7 Å². The molecule has 1 amide bonds. The average molecular weight is 389 g/mol. The third-order valence-corrected chi connectivity index (χ3v) is 5.11. The molecule has 2 unspecified atom stereocenters. The van der Waals surface area contributed by atoms with E-state index in [2.05, 4.69) is 12.1 Å². The van der Waals surface area contributed by atoms with Crippen LogP contribution in [0.15, 0.2) is 84.9 Å². The first-order valence-electron chi connectivity index (χ1n) is 9.83. The predicted octanol–water partition coefficient (Wildman–Crippen LogP) is 4.50. The molecule has 4 nitrogen and oxygen atoms in total. The molecular weight excluding hydrogens is 362 g/mol. The topological polar surface area (TPSA) is 49.8 Å². The van der Waals surface area contributed by atoms with Crippen molar-refractivity contribution in [2.75, 3.05) is 13.7 Å². The number of aliphatic hydroxyl groups is 1. The highest BCUT2D eigenvalue weighted by Crippen LogP contribution is 2.22. The van der Waals surface area contributed by atoms with Gasteiger partial charge in [0.25, 0.3) is 5.91 Å². The SMILES string of the molecule is CC(C(O)c1ccccc1)N(C)C(=O)c1cccc(OCCc2ccccc2)c1. The summed E-state index contributed by atoms with van der Waals surface area (Å²) >= 11 is 0. The fourth-order valence-corrected chi connectivity index (χ4v) is 3.18. The molecule has 0 saturated carbocycles. The van der Waals surface area contributed by atoms with Crippen molar-refractivity contribution in [3.05, 3.63) is 102 Å². The molecule has 0 aromatic heterocycles. The van der Waals surface area contributed by atoms with E-state index in [1.807, 2.05) is 67.6 Å². The van der Waals surface area contributed by atoms with E-state index < -0.39 is 6.10 Å². The monoisotopic (exact) mass is 389 g/mol. The average Bonchev–Trinajstić information content (AvgIpc) is 2.78. The lowest BCUT2D eigenvalue weighted by Crippen LogP contribution is -2.39. The molecule has 0 bridgehead atoms. The zero-order valence-corrected chi connectivity index (χ0v) is 16.9. The molecular formula is C25H27NO3. The molecule has 3 aromatic carbocycles. The molecule has 29 heavy (non-hydrogen) atoms. The van der Waals surface area contributed by atoms with E-state index in [-0.39, 0.29) is 11.9 Å². The van der Waals surface area contributed by atoms with Gasteiger partial charge in [-0.15, -0.1) is 0 Å². The van der Waals surface area contributed by atoms with E-state index in [4.69, 9.17) is 4.74 Å². The van der Waals surface area contributed by atoms with E-state index in [9.17, 15) is 9.90 Å². The maximum atomic E-state index is 12.9. The summed E-state index contributed by atoms with van der Waals surface area (Å²) in [5.74, 6) is 0.512. The van der Waals surface area contributed by atoms with Crippen LogP contribution in [-0.2, 0) is 6.42 Å². The van der Waals surface area contributed by atoms with Crippen LogP contribution in [-0.4, -0.2) is 35.6 Å². The van der Waals surface area contributed by atoms with Crippen molar-refractivity contribution in [2.24, 2.45) is 0 Å².